The van der Waals surface area contributed by atoms with Crippen LogP contribution in [0.1, 0.15) is 44.8 Å². The van der Waals surface area contributed by atoms with Crippen LogP contribution in [0.5, 0.6) is 0 Å². The van der Waals surface area contributed by atoms with E-state index in [9.17, 15) is 13.5 Å². The van der Waals surface area contributed by atoms with Gasteiger partial charge in [-0.15, -0.1) is 24.0 Å². The van der Waals surface area contributed by atoms with E-state index in [2.05, 4.69) is 20.6 Å². The molecule has 1 atom stereocenters. The maximum atomic E-state index is 12.2. The minimum Gasteiger partial charge on any atom is -0.386 e. The molecule has 1 fully saturated rings. The van der Waals surface area contributed by atoms with Crippen LogP contribution in [0.2, 0.25) is 0 Å². The first-order valence-electron chi connectivity index (χ1n) is 9.57. The van der Waals surface area contributed by atoms with E-state index in [0.717, 1.165) is 18.4 Å². The van der Waals surface area contributed by atoms with E-state index >= 15 is 0 Å². The van der Waals surface area contributed by atoms with Gasteiger partial charge in [-0.3, -0.25) is 9.98 Å². The van der Waals surface area contributed by atoms with Gasteiger partial charge >= 0.3 is 0 Å². The predicted octanol–water partition coefficient (Wildman–Crippen LogP) is 1.49. The second-order valence-corrected chi connectivity index (χ2v) is 8.74. The fourth-order valence-electron chi connectivity index (χ4n) is 3.05. The molecule has 0 saturated carbocycles. The van der Waals surface area contributed by atoms with E-state index in [0.29, 0.717) is 32.0 Å². The summed E-state index contributed by atoms with van der Waals surface area (Å²) < 4.78 is 25.9. The Morgan fingerprint density at radius 1 is 1.32 bits per heavy atom. The summed E-state index contributed by atoms with van der Waals surface area (Å²) in [7, 11) is -3.13. The molecule has 2 rings (SSSR count). The zero-order chi connectivity index (χ0) is 19.7. The van der Waals surface area contributed by atoms with E-state index in [1.165, 1.54) is 0 Å². The molecule has 0 amide bonds. The molecule has 160 valence electrons. The number of piperidine rings is 1. The third-order valence-corrected chi connectivity index (χ3v) is 6.58. The lowest BCUT2D eigenvalue weighted by Gasteiger charge is -2.32. The molecular formula is C18H32IN5O3S. The second-order valence-electron chi connectivity index (χ2n) is 6.65. The highest BCUT2D eigenvalue weighted by Crippen LogP contribution is 2.15. The quantitative estimate of drug-likeness (QED) is 0.270. The average Bonchev–Trinajstić information content (AvgIpc) is 2.67. The predicted molar refractivity (Wildman–Crippen MR) is 122 cm³/mol. The van der Waals surface area contributed by atoms with Crippen molar-refractivity contribution >= 4 is 40.0 Å². The van der Waals surface area contributed by atoms with Crippen LogP contribution in [0.25, 0.3) is 0 Å². The molecule has 1 aliphatic rings. The summed E-state index contributed by atoms with van der Waals surface area (Å²) in [5, 5.41) is 16.8. The lowest BCUT2D eigenvalue weighted by molar-refractivity contribution is 0.187. The number of aromatic nitrogens is 1. The fraction of sp³-hybridized carbons (Fsp3) is 0.667. The smallest absolute Gasteiger partial charge is 0.214 e. The molecule has 1 unspecified atom stereocenters. The summed E-state index contributed by atoms with van der Waals surface area (Å²) in [5.41, 5.74) is 0.777. The fourth-order valence-corrected chi connectivity index (χ4v) is 4.59. The van der Waals surface area contributed by atoms with Crippen molar-refractivity contribution in [3.05, 3.63) is 30.1 Å². The number of nitrogens with zero attached hydrogens (tertiary/aromatic N) is 3. The molecule has 10 heteroatoms. The molecule has 3 N–H and O–H groups in total. The highest BCUT2D eigenvalue weighted by Gasteiger charge is 2.27. The number of aliphatic hydroxyl groups excluding tert-OH is 1. The van der Waals surface area contributed by atoms with Crippen LogP contribution in [0, 0.1) is 0 Å². The Labute approximate surface area is 185 Å². The van der Waals surface area contributed by atoms with Gasteiger partial charge in [0.15, 0.2) is 5.96 Å². The molecule has 1 aromatic heterocycles. The molecule has 1 saturated heterocycles. The summed E-state index contributed by atoms with van der Waals surface area (Å²) >= 11 is 0. The van der Waals surface area contributed by atoms with Crippen molar-refractivity contribution in [1.29, 1.82) is 0 Å². The SMILES string of the molecule is CCCS(=O)(=O)N1CCC(NC(=NCC(O)c2ccncc2)NCC)CC1.I. The first kappa shape index (κ1) is 25.1. The number of rotatable bonds is 8. The van der Waals surface area contributed by atoms with Gasteiger partial charge in [0, 0.05) is 38.1 Å². The highest BCUT2D eigenvalue weighted by atomic mass is 127. The molecule has 0 bridgehead atoms. The van der Waals surface area contributed by atoms with E-state index in [4.69, 9.17) is 0 Å². The van der Waals surface area contributed by atoms with Crippen molar-refractivity contribution in [3.63, 3.8) is 0 Å². The number of hydrogen-bond donors (Lipinski definition) is 3. The normalized spacial score (nSPS) is 17.6. The van der Waals surface area contributed by atoms with Gasteiger partial charge in [0.25, 0.3) is 0 Å². The van der Waals surface area contributed by atoms with Gasteiger partial charge in [-0.25, -0.2) is 12.7 Å². The van der Waals surface area contributed by atoms with E-state index in [-0.39, 0.29) is 42.3 Å². The number of halogens is 1. The van der Waals surface area contributed by atoms with Crippen molar-refractivity contribution in [1.82, 2.24) is 19.9 Å². The second kappa shape index (κ2) is 12.6. The molecule has 0 radical (unpaired) electrons. The number of pyridine rings is 1. The highest BCUT2D eigenvalue weighted by molar-refractivity contribution is 14.0. The molecule has 1 aromatic rings. The average molecular weight is 525 g/mol. The molecule has 0 aliphatic carbocycles. The molecule has 8 nitrogen and oxygen atoms in total. The van der Waals surface area contributed by atoms with Crippen LogP contribution in [0.3, 0.4) is 0 Å². The van der Waals surface area contributed by atoms with Gasteiger partial charge in [-0.1, -0.05) is 6.92 Å². The van der Waals surface area contributed by atoms with Crippen molar-refractivity contribution < 1.29 is 13.5 Å². The summed E-state index contributed by atoms with van der Waals surface area (Å²) in [4.78, 5) is 8.42. The number of guanidine groups is 1. The molecule has 0 spiro atoms. The van der Waals surface area contributed by atoms with Gasteiger partial charge in [0.1, 0.15) is 0 Å². The first-order chi connectivity index (χ1) is 13.0. The Kier molecular flexibility index (Phi) is 11.2. The summed E-state index contributed by atoms with van der Waals surface area (Å²) in [6.07, 6.45) is 4.71. The standard InChI is InChI=1S/C18H31N5O3S.HI/c1-3-13-27(25,26)23-11-7-16(8-12-23)22-18(20-4-2)21-14-17(24)15-5-9-19-10-6-15;/h5-6,9-10,16-17,24H,3-4,7-8,11-14H2,1-2H3,(H2,20,21,22);1H. The van der Waals surface area contributed by atoms with Gasteiger partial charge in [0.05, 0.1) is 18.4 Å². The summed E-state index contributed by atoms with van der Waals surface area (Å²) in [5.74, 6) is 0.850. The van der Waals surface area contributed by atoms with Gasteiger partial charge in [-0.05, 0) is 43.9 Å². The molecule has 2 heterocycles. The van der Waals surface area contributed by atoms with Crippen LogP contribution in [0.4, 0.5) is 0 Å². The summed E-state index contributed by atoms with van der Waals surface area (Å²) in [6.45, 7) is 5.86. The van der Waals surface area contributed by atoms with Crippen molar-refractivity contribution in [2.24, 2.45) is 4.99 Å². The van der Waals surface area contributed by atoms with Crippen LogP contribution in [0.15, 0.2) is 29.5 Å². The number of hydrogen-bond acceptors (Lipinski definition) is 5. The lowest BCUT2D eigenvalue weighted by atomic mass is 10.1. The number of nitrogens with one attached hydrogen (secondary N) is 2. The minimum absolute atomic E-state index is 0. The Bertz CT molecular complexity index is 694. The third kappa shape index (κ3) is 7.80. The van der Waals surface area contributed by atoms with Crippen molar-refractivity contribution in [3.8, 4) is 0 Å². The maximum absolute atomic E-state index is 12.2. The molecule has 28 heavy (non-hydrogen) atoms. The Morgan fingerprint density at radius 2 is 1.96 bits per heavy atom. The van der Waals surface area contributed by atoms with Gasteiger partial charge in [-0.2, -0.15) is 0 Å². The Morgan fingerprint density at radius 3 is 2.54 bits per heavy atom. The van der Waals surface area contributed by atoms with Crippen LogP contribution < -0.4 is 10.6 Å². The van der Waals surface area contributed by atoms with Gasteiger partial charge < -0.3 is 15.7 Å². The minimum atomic E-state index is -3.13. The Hall–Kier alpha value is -0.980. The monoisotopic (exact) mass is 525 g/mol. The van der Waals surface area contributed by atoms with Crippen molar-refractivity contribution in [2.75, 3.05) is 31.9 Å². The van der Waals surface area contributed by atoms with Crippen molar-refractivity contribution in [2.45, 2.75) is 45.3 Å². The topological polar surface area (TPSA) is 107 Å². The van der Waals surface area contributed by atoms with E-state index in [1.807, 2.05) is 13.8 Å². The van der Waals surface area contributed by atoms with Gasteiger partial charge in [0.2, 0.25) is 10.0 Å². The molecule has 1 aliphatic heterocycles. The number of aliphatic hydroxyl groups is 1. The Balaban J connectivity index is 0.00000392. The van der Waals surface area contributed by atoms with E-state index < -0.39 is 16.1 Å². The number of sulfonamides is 1. The third-order valence-electron chi connectivity index (χ3n) is 4.51. The molecule has 0 aromatic carbocycles. The summed E-state index contributed by atoms with van der Waals surface area (Å²) in [6, 6.07) is 3.70. The zero-order valence-electron chi connectivity index (χ0n) is 16.5. The maximum Gasteiger partial charge on any atom is 0.214 e. The van der Waals surface area contributed by atoms with Crippen LogP contribution in [-0.2, 0) is 10.0 Å². The van der Waals surface area contributed by atoms with E-state index in [1.54, 1.807) is 28.8 Å². The lowest BCUT2D eigenvalue weighted by Crippen LogP contribution is -2.50. The van der Waals surface area contributed by atoms with Crippen LogP contribution >= 0.6 is 24.0 Å². The first-order valence-corrected chi connectivity index (χ1v) is 11.2. The number of aliphatic imine (C=N–C) groups is 1. The molecular weight excluding hydrogens is 493 g/mol. The largest absolute Gasteiger partial charge is 0.386 e. The zero-order valence-corrected chi connectivity index (χ0v) is 19.7. The van der Waals surface area contributed by atoms with Crippen LogP contribution in [-0.4, -0.2) is 66.7 Å².